The van der Waals surface area contributed by atoms with Crippen molar-refractivity contribution in [1.29, 1.82) is 0 Å². The second kappa shape index (κ2) is 7.07. The third-order valence-corrected chi connectivity index (χ3v) is 2.93. The largest absolute Gasteiger partial charge is 0.330 e. The van der Waals surface area contributed by atoms with E-state index in [-0.39, 0.29) is 23.6 Å². The molecular formula is C14H24ClFN2. The lowest BCUT2D eigenvalue weighted by molar-refractivity contribution is 0.210. The van der Waals surface area contributed by atoms with Crippen LogP contribution in [0.15, 0.2) is 18.2 Å². The Morgan fingerprint density at radius 2 is 1.94 bits per heavy atom. The van der Waals surface area contributed by atoms with Gasteiger partial charge in [-0.2, -0.15) is 0 Å². The minimum atomic E-state index is -0.140. The van der Waals surface area contributed by atoms with Gasteiger partial charge in [-0.05, 0) is 43.1 Å². The number of nitrogens with two attached hydrogens (primary N) is 1. The molecule has 0 saturated heterocycles. The van der Waals surface area contributed by atoms with E-state index in [1.807, 2.05) is 12.1 Å². The molecular weight excluding hydrogens is 251 g/mol. The molecule has 2 nitrogen and oxygen atoms in total. The van der Waals surface area contributed by atoms with Crippen molar-refractivity contribution in [3.8, 4) is 0 Å². The minimum absolute atomic E-state index is 0. The summed E-state index contributed by atoms with van der Waals surface area (Å²) in [6, 6.07) is 5.28. The maximum atomic E-state index is 13.1. The maximum Gasteiger partial charge on any atom is 0.126 e. The second-order valence-electron chi connectivity index (χ2n) is 5.62. The maximum absolute atomic E-state index is 13.1. The molecule has 0 amide bonds. The van der Waals surface area contributed by atoms with E-state index < -0.39 is 0 Å². The molecule has 0 aliphatic heterocycles. The molecule has 4 heteroatoms. The van der Waals surface area contributed by atoms with Crippen molar-refractivity contribution in [2.75, 3.05) is 20.1 Å². The van der Waals surface area contributed by atoms with Crippen molar-refractivity contribution in [3.63, 3.8) is 0 Å². The van der Waals surface area contributed by atoms with Crippen LogP contribution >= 0.6 is 12.4 Å². The van der Waals surface area contributed by atoms with Crippen LogP contribution in [0.3, 0.4) is 0 Å². The molecule has 1 aromatic carbocycles. The highest BCUT2D eigenvalue weighted by Crippen LogP contribution is 2.16. The van der Waals surface area contributed by atoms with Gasteiger partial charge in [0.05, 0.1) is 0 Å². The summed E-state index contributed by atoms with van der Waals surface area (Å²) in [6.45, 7) is 8.52. The van der Waals surface area contributed by atoms with Crippen LogP contribution in [-0.2, 0) is 6.54 Å². The third kappa shape index (κ3) is 5.34. The first-order chi connectivity index (χ1) is 7.84. The van der Waals surface area contributed by atoms with E-state index in [4.69, 9.17) is 5.73 Å². The zero-order chi connectivity index (χ0) is 13.1. The Bertz CT molecular complexity index is 380. The van der Waals surface area contributed by atoms with Crippen molar-refractivity contribution < 1.29 is 4.39 Å². The minimum Gasteiger partial charge on any atom is -0.330 e. The van der Waals surface area contributed by atoms with Gasteiger partial charge in [0.2, 0.25) is 0 Å². The zero-order valence-electron chi connectivity index (χ0n) is 11.7. The fourth-order valence-electron chi connectivity index (χ4n) is 1.97. The van der Waals surface area contributed by atoms with Crippen LogP contribution in [0, 0.1) is 18.2 Å². The number of halogens is 2. The van der Waals surface area contributed by atoms with Gasteiger partial charge in [-0.1, -0.05) is 26.0 Å². The van der Waals surface area contributed by atoms with Gasteiger partial charge in [0.1, 0.15) is 5.82 Å². The number of aryl methyl sites for hydroxylation is 1. The van der Waals surface area contributed by atoms with Crippen LogP contribution in [0.25, 0.3) is 0 Å². The molecule has 104 valence electrons. The van der Waals surface area contributed by atoms with Crippen LogP contribution in [0.5, 0.6) is 0 Å². The number of hydrogen-bond acceptors (Lipinski definition) is 2. The lowest BCUT2D eigenvalue weighted by Crippen LogP contribution is -2.36. The Balaban J connectivity index is 0.00000289. The molecule has 0 atom stereocenters. The summed E-state index contributed by atoms with van der Waals surface area (Å²) in [7, 11) is 2.07. The Kier molecular flexibility index (Phi) is 6.82. The molecule has 0 saturated carbocycles. The van der Waals surface area contributed by atoms with Gasteiger partial charge in [-0.3, -0.25) is 0 Å². The smallest absolute Gasteiger partial charge is 0.126 e. The van der Waals surface area contributed by atoms with Crippen molar-refractivity contribution in [2.45, 2.75) is 27.3 Å². The number of nitrogens with zero attached hydrogens (tertiary/aromatic N) is 1. The summed E-state index contributed by atoms with van der Waals surface area (Å²) in [5, 5.41) is 0. The van der Waals surface area contributed by atoms with Gasteiger partial charge in [-0.25, -0.2) is 4.39 Å². The first kappa shape index (κ1) is 17.4. The van der Waals surface area contributed by atoms with Gasteiger partial charge in [-0.15, -0.1) is 12.4 Å². The van der Waals surface area contributed by atoms with Crippen molar-refractivity contribution in [3.05, 3.63) is 35.1 Å². The van der Waals surface area contributed by atoms with E-state index in [1.165, 1.54) is 6.07 Å². The average Bonchev–Trinajstić information content (AvgIpc) is 2.23. The van der Waals surface area contributed by atoms with Crippen LogP contribution in [0.2, 0.25) is 0 Å². The Hall–Kier alpha value is -0.640. The summed E-state index contributed by atoms with van der Waals surface area (Å²) in [4.78, 5) is 2.22. The Labute approximate surface area is 116 Å². The molecule has 1 aromatic rings. The van der Waals surface area contributed by atoms with Gasteiger partial charge in [0.15, 0.2) is 0 Å². The Morgan fingerprint density at radius 1 is 1.33 bits per heavy atom. The highest BCUT2D eigenvalue weighted by molar-refractivity contribution is 5.85. The monoisotopic (exact) mass is 274 g/mol. The lowest BCUT2D eigenvalue weighted by atomic mass is 9.93. The SMILES string of the molecule is Cc1cc(CN(C)CC(C)(C)CN)ccc1F.Cl. The molecule has 0 unspecified atom stereocenters. The highest BCUT2D eigenvalue weighted by atomic mass is 35.5. The van der Waals surface area contributed by atoms with Crippen molar-refractivity contribution in [2.24, 2.45) is 11.1 Å². The fraction of sp³-hybridized carbons (Fsp3) is 0.571. The summed E-state index contributed by atoms with van der Waals surface area (Å²) < 4.78 is 13.1. The molecule has 0 radical (unpaired) electrons. The predicted molar refractivity (Wildman–Crippen MR) is 77.6 cm³/mol. The summed E-state index contributed by atoms with van der Waals surface area (Å²) in [5.74, 6) is -0.140. The van der Waals surface area contributed by atoms with Gasteiger partial charge >= 0.3 is 0 Å². The first-order valence-electron chi connectivity index (χ1n) is 5.98. The van der Waals surface area contributed by atoms with Crippen LogP contribution < -0.4 is 5.73 Å². The first-order valence-corrected chi connectivity index (χ1v) is 5.98. The average molecular weight is 275 g/mol. The van der Waals surface area contributed by atoms with Crippen molar-refractivity contribution in [1.82, 2.24) is 4.90 Å². The molecule has 1 rings (SSSR count). The van der Waals surface area contributed by atoms with Crippen LogP contribution in [0.4, 0.5) is 4.39 Å². The molecule has 0 heterocycles. The number of benzene rings is 1. The second-order valence-corrected chi connectivity index (χ2v) is 5.62. The topological polar surface area (TPSA) is 29.3 Å². The van der Waals surface area contributed by atoms with E-state index in [1.54, 1.807) is 6.92 Å². The molecule has 0 aromatic heterocycles. The van der Waals surface area contributed by atoms with Gasteiger partial charge in [0, 0.05) is 13.1 Å². The standard InChI is InChI=1S/C14H23FN2.ClH/c1-11-7-12(5-6-13(11)15)8-17(4)10-14(2,3)9-16;/h5-7H,8-10,16H2,1-4H3;1H. The van der Waals surface area contributed by atoms with Gasteiger partial charge in [0.25, 0.3) is 0 Å². The molecule has 0 aliphatic rings. The van der Waals surface area contributed by atoms with Gasteiger partial charge < -0.3 is 10.6 Å². The van der Waals surface area contributed by atoms with E-state index in [0.717, 1.165) is 18.7 Å². The summed E-state index contributed by atoms with van der Waals surface area (Å²) in [6.07, 6.45) is 0. The van der Waals surface area contributed by atoms with E-state index in [9.17, 15) is 4.39 Å². The number of rotatable bonds is 5. The van der Waals surface area contributed by atoms with Crippen LogP contribution in [0.1, 0.15) is 25.0 Å². The molecule has 0 bridgehead atoms. The molecule has 18 heavy (non-hydrogen) atoms. The quantitative estimate of drug-likeness (QED) is 0.894. The molecule has 0 aliphatic carbocycles. The predicted octanol–water partition coefficient (Wildman–Crippen LogP) is 2.97. The van der Waals surface area contributed by atoms with E-state index >= 15 is 0 Å². The number of hydrogen-bond donors (Lipinski definition) is 1. The molecule has 2 N–H and O–H groups in total. The summed E-state index contributed by atoms with van der Waals surface area (Å²) in [5.41, 5.74) is 7.67. The normalized spacial score (nSPS) is 11.5. The Morgan fingerprint density at radius 3 is 2.44 bits per heavy atom. The lowest BCUT2D eigenvalue weighted by Gasteiger charge is -2.29. The van der Waals surface area contributed by atoms with Crippen molar-refractivity contribution >= 4 is 12.4 Å². The highest BCUT2D eigenvalue weighted by Gasteiger charge is 2.18. The van der Waals surface area contributed by atoms with E-state index in [2.05, 4.69) is 25.8 Å². The molecule has 0 fully saturated rings. The third-order valence-electron chi connectivity index (χ3n) is 2.93. The summed E-state index contributed by atoms with van der Waals surface area (Å²) >= 11 is 0. The van der Waals surface area contributed by atoms with Crippen LogP contribution in [-0.4, -0.2) is 25.0 Å². The zero-order valence-corrected chi connectivity index (χ0v) is 12.5. The molecule has 0 spiro atoms. The fourth-order valence-corrected chi connectivity index (χ4v) is 1.97. The van der Waals surface area contributed by atoms with E-state index in [0.29, 0.717) is 12.1 Å².